The third-order valence-electron chi connectivity index (χ3n) is 3.62. The van der Waals surface area contributed by atoms with Gasteiger partial charge in [-0.3, -0.25) is 4.79 Å². The van der Waals surface area contributed by atoms with Crippen molar-refractivity contribution in [3.8, 4) is 0 Å². The Hall–Kier alpha value is -1.30. The van der Waals surface area contributed by atoms with Crippen molar-refractivity contribution in [3.05, 3.63) is 23.9 Å². The fourth-order valence-electron chi connectivity index (χ4n) is 2.17. The Morgan fingerprint density at radius 3 is 3.00 bits per heavy atom. The molecule has 0 amide bonds. The van der Waals surface area contributed by atoms with Crippen LogP contribution in [0.2, 0.25) is 0 Å². The number of carboxylic acids is 1. The highest BCUT2D eigenvalue weighted by molar-refractivity contribution is 7.99. The molecule has 0 spiro atoms. The number of aromatic nitrogens is 2. The molecule has 1 N–H and O–H groups in total. The van der Waals surface area contributed by atoms with E-state index in [-0.39, 0.29) is 5.92 Å². The summed E-state index contributed by atoms with van der Waals surface area (Å²) >= 11 is 1.78. The van der Waals surface area contributed by atoms with Crippen molar-refractivity contribution in [1.82, 2.24) is 10.1 Å². The second-order valence-electron chi connectivity index (χ2n) is 5.07. The van der Waals surface area contributed by atoms with Crippen LogP contribution < -0.4 is 0 Å². The lowest BCUT2D eigenvalue weighted by molar-refractivity contribution is -0.142. The van der Waals surface area contributed by atoms with Gasteiger partial charge >= 0.3 is 5.97 Å². The maximum absolute atomic E-state index is 11.3. The molecule has 0 saturated carbocycles. The van der Waals surface area contributed by atoms with E-state index in [0.717, 1.165) is 6.42 Å². The first-order chi connectivity index (χ1) is 9.61. The Bertz CT molecular complexity index is 487. The van der Waals surface area contributed by atoms with Crippen molar-refractivity contribution in [2.24, 2.45) is 5.92 Å². The zero-order chi connectivity index (χ0) is 14.5. The second kappa shape index (κ2) is 6.92. The molecule has 2 rings (SSSR count). The summed E-state index contributed by atoms with van der Waals surface area (Å²) in [4.78, 5) is 15.6. The Balaban J connectivity index is 2.03. The van der Waals surface area contributed by atoms with Gasteiger partial charge < -0.3 is 9.63 Å². The highest BCUT2D eigenvalue weighted by atomic mass is 32.2. The molecule has 1 heterocycles. The summed E-state index contributed by atoms with van der Waals surface area (Å²) in [5.74, 6) is 0.361. The normalized spacial score (nSPS) is 23.7. The predicted octanol–water partition coefficient (Wildman–Crippen LogP) is 3.24. The molecular weight excluding hydrogens is 276 g/mol. The average Bonchev–Trinajstić information content (AvgIpc) is 2.93. The molecule has 110 valence electrons. The molecule has 0 fully saturated rings. The number of hydrogen-bond donors (Lipinski definition) is 1. The van der Waals surface area contributed by atoms with E-state index in [4.69, 9.17) is 4.52 Å². The summed E-state index contributed by atoms with van der Waals surface area (Å²) in [6.45, 7) is 4.31. The lowest BCUT2D eigenvalue weighted by Gasteiger charge is -2.21. The van der Waals surface area contributed by atoms with Crippen LogP contribution in [-0.4, -0.2) is 26.5 Å². The van der Waals surface area contributed by atoms with Crippen LogP contribution in [0.3, 0.4) is 0 Å². The van der Waals surface area contributed by atoms with Crippen molar-refractivity contribution in [2.45, 2.75) is 50.0 Å². The van der Waals surface area contributed by atoms with Crippen LogP contribution in [0.25, 0.3) is 0 Å². The van der Waals surface area contributed by atoms with Crippen LogP contribution in [0.4, 0.5) is 0 Å². The highest BCUT2D eigenvalue weighted by Gasteiger charge is 2.33. The number of allylic oxidation sites excluding steroid dienone is 2. The van der Waals surface area contributed by atoms with Crippen LogP contribution in [0, 0.1) is 5.92 Å². The first-order valence-corrected chi connectivity index (χ1v) is 7.98. The topological polar surface area (TPSA) is 76.2 Å². The van der Waals surface area contributed by atoms with Crippen LogP contribution >= 0.6 is 11.8 Å². The molecular formula is C14H20N2O3S. The van der Waals surface area contributed by atoms with E-state index >= 15 is 0 Å². The summed E-state index contributed by atoms with van der Waals surface area (Å²) in [6.07, 6.45) is 6.17. The Labute approximate surface area is 122 Å². The number of nitrogens with zero attached hydrogens (tertiary/aromatic N) is 2. The smallest absolute Gasteiger partial charge is 0.307 e. The van der Waals surface area contributed by atoms with Gasteiger partial charge in [-0.1, -0.05) is 31.2 Å². The second-order valence-corrected chi connectivity index (χ2v) is 6.50. The lowest BCUT2D eigenvalue weighted by atomic mass is 9.83. The minimum absolute atomic E-state index is 0.202. The molecule has 0 aliphatic heterocycles. The quantitative estimate of drug-likeness (QED) is 0.812. The van der Waals surface area contributed by atoms with E-state index in [9.17, 15) is 9.90 Å². The van der Waals surface area contributed by atoms with Gasteiger partial charge in [-0.2, -0.15) is 16.7 Å². The molecule has 1 aliphatic rings. The van der Waals surface area contributed by atoms with Crippen molar-refractivity contribution in [2.75, 3.05) is 0 Å². The molecule has 5 nitrogen and oxygen atoms in total. The first kappa shape index (κ1) is 15.1. The van der Waals surface area contributed by atoms with Gasteiger partial charge in [0.05, 0.1) is 17.6 Å². The highest BCUT2D eigenvalue weighted by Crippen LogP contribution is 2.34. The van der Waals surface area contributed by atoms with Crippen molar-refractivity contribution < 1.29 is 14.4 Å². The molecule has 1 aromatic rings. The molecule has 1 aromatic heterocycles. The molecule has 0 aromatic carbocycles. The van der Waals surface area contributed by atoms with Crippen molar-refractivity contribution in [3.63, 3.8) is 0 Å². The number of hydrogen-bond acceptors (Lipinski definition) is 5. The van der Waals surface area contributed by atoms with Crippen molar-refractivity contribution >= 4 is 17.7 Å². The van der Waals surface area contributed by atoms with Crippen LogP contribution in [0.5, 0.6) is 0 Å². The van der Waals surface area contributed by atoms with Crippen LogP contribution in [0.15, 0.2) is 16.7 Å². The van der Waals surface area contributed by atoms with Gasteiger partial charge in [-0.05, 0) is 19.3 Å². The third kappa shape index (κ3) is 3.62. The van der Waals surface area contributed by atoms with E-state index in [0.29, 0.717) is 35.6 Å². The first-order valence-electron chi connectivity index (χ1n) is 6.93. The fraction of sp³-hybridized carbons (Fsp3) is 0.643. The van der Waals surface area contributed by atoms with Gasteiger partial charge in [0.15, 0.2) is 5.82 Å². The monoisotopic (exact) mass is 296 g/mol. The summed E-state index contributed by atoms with van der Waals surface area (Å²) in [5.41, 5.74) is 0. The Morgan fingerprint density at radius 2 is 2.30 bits per heavy atom. The van der Waals surface area contributed by atoms with Gasteiger partial charge in [0.1, 0.15) is 0 Å². The lowest BCUT2D eigenvalue weighted by Crippen LogP contribution is -2.23. The Morgan fingerprint density at radius 1 is 1.55 bits per heavy atom. The molecule has 6 heteroatoms. The average molecular weight is 296 g/mol. The zero-order valence-corrected chi connectivity index (χ0v) is 12.6. The molecule has 0 radical (unpaired) electrons. The predicted molar refractivity (Wildman–Crippen MR) is 77.6 cm³/mol. The SMILES string of the molecule is CCC(C)SCc1noc(C2CC=CCC2C(=O)O)n1. The molecule has 0 saturated heterocycles. The minimum atomic E-state index is -0.798. The summed E-state index contributed by atoms with van der Waals surface area (Å²) in [7, 11) is 0. The molecule has 20 heavy (non-hydrogen) atoms. The fourth-order valence-corrected chi connectivity index (χ4v) is 2.96. The van der Waals surface area contributed by atoms with E-state index in [1.165, 1.54) is 0 Å². The summed E-state index contributed by atoms with van der Waals surface area (Å²) < 4.78 is 5.28. The van der Waals surface area contributed by atoms with Gasteiger partial charge in [-0.15, -0.1) is 0 Å². The third-order valence-corrected chi connectivity index (χ3v) is 4.95. The molecule has 3 atom stereocenters. The van der Waals surface area contributed by atoms with E-state index in [1.807, 2.05) is 12.2 Å². The summed E-state index contributed by atoms with van der Waals surface area (Å²) in [6, 6.07) is 0. The van der Waals surface area contributed by atoms with Gasteiger partial charge in [0.2, 0.25) is 5.89 Å². The van der Waals surface area contributed by atoms with Gasteiger partial charge in [0, 0.05) is 5.25 Å². The van der Waals surface area contributed by atoms with E-state index in [2.05, 4.69) is 24.0 Å². The van der Waals surface area contributed by atoms with Gasteiger partial charge in [0.25, 0.3) is 0 Å². The minimum Gasteiger partial charge on any atom is -0.481 e. The standard InChI is InChI=1S/C14H20N2O3S/c1-3-9(2)20-8-12-15-13(19-16-12)10-6-4-5-7-11(10)14(17)18/h4-5,9-11H,3,6-8H2,1-2H3,(H,17,18). The molecule has 0 bridgehead atoms. The Kier molecular flexibility index (Phi) is 5.23. The van der Waals surface area contributed by atoms with Crippen LogP contribution in [0.1, 0.15) is 50.7 Å². The van der Waals surface area contributed by atoms with Gasteiger partial charge in [-0.25, -0.2) is 0 Å². The molecule has 3 unspecified atom stereocenters. The van der Waals surface area contributed by atoms with Crippen molar-refractivity contribution in [1.29, 1.82) is 0 Å². The maximum Gasteiger partial charge on any atom is 0.307 e. The number of aliphatic carboxylic acids is 1. The van der Waals surface area contributed by atoms with E-state index < -0.39 is 11.9 Å². The maximum atomic E-state index is 11.3. The number of carboxylic acid groups (broad SMARTS) is 1. The zero-order valence-electron chi connectivity index (χ0n) is 11.8. The largest absolute Gasteiger partial charge is 0.481 e. The number of rotatable bonds is 6. The number of thioether (sulfide) groups is 1. The number of carbonyl (C=O) groups is 1. The van der Waals surface area contributed by atoms with Crippen LogP contribution in [-0.2, 0) is 10.5 Å². The van der Waals surface area contributed by atoms with E-state index in [1.54, 1.807) is 11.8 Å². The molecule has 1 aliphatic carbocycles. The summed E-state index contributed by atoms with van der Waals surface area (Å²) in [5, 5.41) is 13.8.